The Kier molecular flexibility index (Phi) is 1.11. The molecule has 0 saturated carbocycles. The van der Waals surface area contributed by atoms with Crippen molar-refractivity contribution < 1.29 is 4.74 Å². The molecule has 10 heavy (non-hydrogen) atoms. The molecule has 0 fully saturated rings. The number of nitrogens with zero attached hydrogens (tertiary/aromatic N) is 1. The Morgan fingerprint density at radius 1 is 1.40 bits per heavy atom. The lowest BCUT2D eigenvalue weighted by Gasteiger charge is -1.95. The van der Waals surface area contributed by atoms with E-state index in [0.717, 1.165) is 5.56 Å². The number of ether oxygens (including phenoxy) is 1. The first kappa shape index (κ1) is 5.68. The number of nitrogens with two attached hydrogens (primary N) is 1. The van der Waals surface area contributed by atoms with Crippen LogP contribution in [-0.4, -0.2) is 4.98 Å². The molecule has 0 atom stereocenters. The van der Waals surface area contributed by atoms with Gasteiger partial charge in [-0.2, -0.15) is 0 Å². The van der Waals surface area contributed by atoms with Gasteiger partial charge in [0.25, 0.3) is 0 Å². The van der Waals surface area contributed by atoms with Gasteiger partial charge in [-0.15, -0.1) is 0 Å². The molecule has 0 radical (unpaired) electrons. The van der Waals surface area contributed by atoms with Gasteiger partial charge >= 0.3 is 0 Å². The molecule has 1 aromatic rings. The van der Waals surface area contributed by atoms with Gasteiger partial charge in [0, 0.05) is 11.8 Å². The molecule has 3 nitrogen and oxygen atoms in total. The summed E-state index contributed by atoms with van der Waals surface area (Å²) in [6.45, 7) is 1.37. The quantitative estimate of drug-likeness (QED) is 0.571. The van der Waals surface area contributed by atoms with Crippen LogP contribution in [0, 0.1) is 0 Å². The Hall–Kier alpha value is -1.09. The molecule has 0 aliphatic carbocycles. The highest BCUT2D eigenvalue weighted by Gasteiger charge is 2.10. The van der Waals surface area contributed by atoms with E-state index in [4.69, 9.17) is 10.5 Å². The minimum Gasteiger partial charge on any atom is -0.384 e. The van der Waals surface area contributed by atoms with E-state index in [-0.39, 0.29) is 0 Å². The van der Waals surface area contributed by atoms with Gasteiger partial charge in [-0.05, 0) is 11.6 Å². The fraction of sp³-hybridized carbons (Fsp3) is 0.286. The van der Waals surface area contributed by atoms with Gasteiger partial charge in [-0.3, -0.25) is 0 Å². The zero-order chi connectivity index (χ0) is 6.97. The minimum absolute atomic E-state index is 0.573. The average Bonchev–Trinajstić information content (AvgIpc) is 2.33. The molecule has 2 rings (SSSR count). The van der Waals surface area contributed by atoms with Crippen molar-refractivity contribution in [3.05, 3.63) is 23.4 Å². The van der Waals surface area contributed by atoms with Crippen molar-refractivity contribution in [3.8, 4) is 0 Å². The molecule has 3 heteroatoms. The average molecular weight is 136 g/mol. The summed E-state index contributed by atoms with van der Waals surface area (Å²) < 4.78 is 5.17. The summed E-state index contributed by atoms with van der Waals surface area (Å²) in [5.41, 5.74) is 7.80. The van der Waals surface area contributed by atoms with E-state index < -0.39 is 0 Å². The number of aromatic nitrogens is 1. The molecule has 0 amide bonds. The highest BCUT2D eigenvalue weighted by Crippen LogP contribution is 2.19. The van der Waals surface area contributed by atoms with E-state index in [1.54, 1.807) is 6.20 Å². The Morgan fingerprint density at radius 2 is 2.20 bits per heavy atom. The number of hydrogen-bond acceptors (Lipinski definition) is 3. The summed E-state index contributed by atoms with van der Waals surface area (Å²) in [5, 5.41) is 0. The number of pyridine rings is 1. The van der Waals surface area contributed by atoms with Gasteiger partial charge in [0.05, 0.1) is 13.2 Å². The van der Waals surface area contributed by atoms with Crippen LogP contribution in [0.1, 0.15) is 11.1 Å². The van der Waals surface area contributed by atoms with Gasteiger partial charge in [-0.1, -0.05) is 0 Å². The maximum atomic E-state index is 5.46. The lowest BCUT2D eigenvalue weighted by atomic mass is 10.2. The number of rotatable bonds is 0. The first-order valence-electron chi connectivity index (χ1n) is 3.17. The molecule has 52 valence electrons. The van der Waals surface area contributed by atoms with Gasteiger partial charge in [0.15, 0.2) is 0 Å². The smallest absolute Gasteiger partial charge is 0.123 e. The monoisotopic (exact) mass is 136 g/mol. The lowest BCUT2D eigenvalue weighted by molar-refractivity contribution is 0.134. The second-order valence-corrected chi connectivity index (χ2v) is 2.37. The molecule has 0 bridgehead atoms. The van der Waals surface area contributed by atoms with Crippen molar-refractivity contribution in [1.29, 1.82) is 0 Å². The number of hydrogen-bond donors (Lipinski definition) is 1. The standard InChI is InChI=1S/C7H8N2O/c8-7-1-5-3-10-4-6(5)2-9-7/h1-2H,3-4H2,(H2,8,9). The third-order valence-corrected chi connectivity index (χ3v) is 1.62. The summed E-state index contributed by atoms with van der Waals surface area (Å²) in [4.78, 5) is 3.95. The second-order valence-electron chi connectivity index (χ2n) is 2.37. The Morgan fingerprint density at radius 3 is 3.10 bits per heavy atom. The highest BCUT2D eigenvalue weighted by atomic mass is 16.5. The van der Waals surface area contributed by atoms with Crippen molar-refractivity contribution in [3.63, 3.8) is 0 Å². The van der Waals surface area contributed by atoms with Crippen LogP contribution in [0.4, 0.5) is 5.82 Å². The van der Waals surface area contributed by atoms with Crippen LogP contribution in [0.25, 0.3) is 0 Å². The Labute approximate surface area is 58.8 Å². The maximum Gasteiger partial charge on any atom is 0.123 e. The van der Waals surface area contributed by atoms with Crippen LogP contribution in [0.2, 0.25) is 0 Å². The van der Waals surface area contributed by atoms with Crippen LogP contribution in [0.3, 0.4) is 0 Å². The summed E-state index contributed by atoms with van der Waals surface area (Å²) >= 11 is 0. The first-order valence-corrected chi connectivity index (χ1v) is 3.17. The summed E-state index contributed by atoms with van der Waals surface area (Å²) in [6, 6.07) is 1.86. The zero-order valence-corrected chi connectivity index (χ0v) is 5.50. The van der Waals surface area contributed by atoms with Crippen molar-refractivity contribution >= 4 is 5.82 Å². The fourth-order valence-electron chi connectivity index (χ4n) is 1.08. The molecule has 1 aliphatic rings. The van der Waals surface area contributed by atoms with Crippen LogP contribution in [0.5, 0.6) is 0 Å². The normalized spacial score (nSPS) is 15.2. The van der Waals surface area contributed by atoms with E-state index in [9.17, 15) is 0 Å². The summed E-state index contributed by atoms with van der Waals surface area (Å²) in [5.74, 6) is 0.573. The summed E-state index contributed by atoms with van der Waals surface area (Å²) in [6.07, 6.45) is 1.78. The number of anilines is 1. The summed E-state index contributed by atoms with van der Waals surface area (Å²) in [7, 11) is 0. The number of fused-ring (bicyclic) bond motifs is 1. The van der Waals surface area contributed by atoms with Crippen molar-refractivity contribution in [1.82, 2.24) is 4.98 Å². The van der Waals surface area contributed by atoms with Crippen LogP contribution < -0.4 is 5.73 Å². The topological polar surface area (TPSA) is 48.1 Å². The largest absolute Gasteiger partial charge is 0.384 e. The molecule has 0 saturated heterocycles. The van der Waals surface area contributed by atoms with Gasteiger partial charge < -0.3 is 10.5 Å². The predicted molar refractivity (Wildman–Crippen MR) is 37.1 cm³/mol. The Bertz CT molecular complexity index is 260. The minimum atomic E-state index is 0.573. The molecule has 0 unspecified atom stereocenters. The van der Waals surface area contributed by atoms with Crippen molar-refractivity contribution in [2.24, 2.45) is 0 Å². The van der Waals surface area contributed by atoms with Gasteiger partial charge in [0.1, 0.15) is 5.82 Å². The maximum absolute atomic E-state index is 5.46. The number of nitrogen functional groups attached to an aromatic ring is 1. The van der Waals surface area contributed by atoms with E-state index in [0.29, 0.717) is 19.0 Å². The highest BCUT2D eigenvalue weighted by molar-refractivity contribution is 5.37. The predicted octanol–water partition coefficient (Wildman–Crippen LogP) is 0.694. The Balaban J connectivity index is 2.52. The SMILES string of the molecule is Nc1cc2c(cn1)COC2. The second kappa shape index (κ2) is 1.95. The third kappa shape index (κ3) is 0.752. The molecule has 2 N–H and O–H groups in total. The fourth-order valence-corrected chi connectivity index (χ4v) is 1.08. The van der Waals surface area contributed by atoms with E-state index >= 15 is 0 Å². The van der Waals surface area contributed by atoms with Crippen LogP contribution in [0.15, 0.2) is 12.3 Å². The molecule has 1 aliphatic heterocycles. The van der Waals surface area contributed by atoms with Gasteiger partial charge in [0.2, 0.25) is 0 Å². The van der Waals surface area contributed by atoms with Crippen molar-refractivity contribution in [2.45, 2.75) is 13.2 Å². The first-order chi connectivity index (χ1) is 4.86. The molecular weight excluding hydrogens is 128 g/mol. The zero-order valence-electron chi connectivity index (χ0n) is 5.50. The van der Waals surface area contributed by atoms with Crippen LogP contribution in [-0.2, 0) is 18.0 Å². The molecular formula is C7H8N2O. The lowest BCUT2D eigenvalue weighted by Crippen LogP contribution is -1.92. The molecule has 2 heterocycles. The van der Waals surface area contributed by atoms with Crippen molar-refractivity contribution in [2.75, 3.05) is 5.73 Å². The van der Waals surface area contributed by atoms with E-state index in [1.165, 1.54) is 5.56 Å². The molecule has 0 spiro atoms. The molecule has 1 aromatic heterocycles. The molecule has 0 aromatic carbocycles. The van der Waals surface area contributed by atoms with Gasteiger partial charge in [-0.25, -0.2) is 4.98 Å². The van der Waals surface area contributed by atoms with Crippen LogP contribution >= 0.6 is 0 Å². The van der Waals surface area contributed by atoms with E-state index in [2.05, 4.69) is 4.98 Å². The van der Waals surface area contributed by atoms with E-state index in [1.807, 2.05) is 6.07 Å². The third-order valence-electron chi connectivity index (χ3n) is 1.62.